The van der Waals surface area contributed by atoms with Crippen molar-refractivity contribution in [3.05, 3.63) is 0 Å². The van der Waals surface area contributed by atoms with E-state index < -0.39 is 47.4 Å². The van der Waals surface area contributed by atoms with E-state index in [9.17, 15) is 26.4 Å². The Balaban J connectivity index is 4.38. The van der Waals surface area contributed by atoms with Crippen molar-refractivity contribution in [3.63, 3.8) is 0 Å². The number of carboxylic acids is 1. The first-order valence-corrected chi connectivity index (χ1v) is 6.24. The quantitative estimate of drug-likeness (QED) is 0.729. The lowest BCUT2D eigenvalue weighted by atomic mass is 10.4. The van der Waals surface area contributed by atoms with Crippen LogP contribution in [0.3, 0.4) is 0 Å². The number of hydrogen-bond acceptors (Lipinski definition) is 4. The van der Waals surface area contributed by atoms with Gasteiger partial charge in [-0.2, -0.15) is 13.2 Å². The average molecular weight is 263 g/mol. The summed E-state index contributed by atoms with van der Waals surface area (Å²) in [6.07, 6.45) is -3.67. The van der Waals surface area contributed by atoms with Gasteiger partial charge in [-0.15, -0.1) is 0 Å². The Morgan fingerprint density at radius 3 is 2.19 bits per heavy atom. The Hall–Kier alpha value is -0.830. The Bertz CT molecular complexity index is 338. The number of alkyl halides is 3. The molecule has 0 fully saturated rings. The van der Waals surface area contributed by atoms with Crippen LogP contribution in [0.25, 0.3) is 0 Å². The SMILES string of the molecule is CS(=O)(=O)CCN(CC(=O)O)CC(F)(F)F. The first-order chi connectivity index (χ1) is 6.99. The molecule has 0 aromatic heterocycles. The van der Waals surface area contributed by atoms with Crippen molar-refractivity contribution < 1.29 is 31.5 Å². The van der Waals surface area contributed by atoms with E-state index >= 15 is 0 Å². The number of carboxylic acid groups (broad SMARTS) is 1. The van der Waals surface area contributed by atoms with Gasteiger partial charge in [-0.25, -0.2) is 8.42 Å². The Kier molecular flexibility index (Phi) is 5.20. The van der Waals surface area contributed by atoms with Crippen LogP contribution in [-0.2, 0) is 14.6 Å². The number of rotatable bonds is 6. The molecule has 0 atom stereocenters. The average Bonchev–Trinajstić information content (AvgIpc) is 1.94. The van der Waals surface area contributed by atoms with Gasteiger partial charge in [-0.3, -0.25) is 9.69 Å². The molecule has 0 aliphatic carbocycles. The fraction of sp³-hybridized carbons (Fsp3) is 0.857. The zero-order valence-corrected chi connectivity index (χ0v) is 9.31. The number of aliphatic carboxylic acids is 1. The van der Waals surface area contributed by atoms with Gasteiger partial charge in [0.05, 0.1) is 18.8 Å². The van der Waals surface area contributed by atoms with Crippen LogP contribution in [0.5, 0.6) is 0 Å². The predicted octanol–water partition coefficient (Wildman–Crippen LogP) is -0.0201. The number of sulfone groups is 1. The highest BCUT2D eigenvalue weighted by atomic mass is 32.2. The van der Waals surface area contributed by atoms with Gasteiger partial charge in [0.15, 0.2) is 0 Å². The topological polar surface area (TPSA) is 74.7 Å². The van der Waals surface area contributed by atoms with Crippen LogP contribution in [-0.4, -0.2) is 62.2 Å². The molecule has 5 nitrogen and oxygen atoms in total. The normalized spacial score (nSPS) is 13.1. The van der Waals surface area contributed by atoms with Crippen molar-refractivity contribution in [2.75, 3.05) is 31.6 Å². The molecule has 0 amide bonds. The van der Waals surface area contributed by atoms with Gasteiger partial charge >= 0.3 is 12.1 Å². The zero-order valence-electron chi connectivity index (χ0n) is 8.49. The molecule has 0 saturated heterocycles. The Morgan fingerprint density at radius 1 is 1.38 bits per heavy atom. The summed E-state index contributed by atoms with van der Waals surface area (Å²) >= 11 is 0. The van der Waals surface area contributed by atoms with Gasteiger partial charge in [-0.05, 0) is 0 Å². The molecule has 0 aliphatic heterocycles. The maximum absolute atomic E-state index is 12.0. The van der Waals surface area contributed by atoms with E-state index in [4.69, 9.17) is 5.11 Å². The molecule has 0 aromatic rings. The number of halogens is 3. The standard InChI is InChI=1S/C7H12F3NO4S/c1-16(14,15)3-2-11(4-6(12)13)5-7(8,9)10/h2-5H2,1H3,(H,12,13). The molecule has 0 radical (unpaired) electrons. The molecule has 0 rings (SSSR count). The first kappa shape index (κ1) is 15.2. The van der Waals surface area contributed by atoms with Crippen LogP contribution in [0.1, 0.15) is 0 Å². The fourth-order valence-corrected chi connectivity index (χ4v) is 1.54. The molecular formula is C7H12F3NO4S. The van der Waals surface area contributed by atoms with E-state index in [1.807, 2.05) is 0 Å². The number of nitrogens with zero attached hydrogens (tertiary/aromatic N) is 1. The third kappa shape index (κ3) is 9.71. The lowest BCUT2D eigenvalue weighted by Crippen LogP contribution is -2.40. The van der Waals surface area contributed by atoms with Crippen LogP contribution < -0.4 is 0 Å². The minimum absolute atomic E-state index is 0.454. The van der Waals surface area contributed by atoms with E-state index in [1.165, 1.54) is 0 Å². The van der Waals surface area contributed by atoms with Crippen molar-refractivity contribution in [2.24, 2.45) is 0 Å². The minimum Gasteiger partial charge on any atom is -0.480 e. The maximum Gasteiger partial charge on any atom is 0.401 e. The summed E-state index contributed by atoms with van der Waals surface area (Å²) in [5.41, 5.74) is 0. The first-order valence-electron chi connectivity index (χ1n) is 4.18. The van der Waals surface area contributed by atoms with Gasteiger partial charge in [0, 0.05) is 12.8 Å². The molecule has 0 aliphatic rings. The molecule has 1 N–H and O–H groups in total. The van der Waals surface area contributed by atoms with Crippen molar-refractivity contribution in [2.45, 2.75) is 6.18 Å². The number of carbonyl (C=O) groups is 1. The molecule has 96 valence electrons. The summed E-state index contributed by atoms with van der Waals surface area (Å²) < 4.78 is 57.4. The van der Waals surface area contributed by atoms with Gasteiger partial charge in [0.2, 0.25) is 0 Å². The molecule has 0 aromatic carbocycles. The summed E-state index contributed by atoms with van der Waals surface area (Å²) in [6.45, 7) is -2.73. The van der Waals surface area contributed by atoms with Crippen molar-refractivity contribution in [1.29, 1.82) is 0 Å². The molecule has 0 unspecified atom stereocenters. The molecule has 0 heterocycles. The molecular weight excluding hydrogens is 251 g/mol. The van der Waals surface area contributed by atoms with E-state index in [0.717, 1.165) is 6.26 Å². The summed E-state index contributed by atoms with van der Waals surface area (Å²) in [7, 11) is -3.41. The summed E-state index contributed by atoms with van der Waals surface area (Å²) in [5.74, 6) is -1.94. The van der Waals surface area contributed by atoms with Gasteiger partial charge in [-0.1, -0.05) is 0 Å². The fourth-order valence-electron chi connectivity index (χ4n) is 0.954. The lowest BCUT2D eigenvalue weighted by molar-refractivity contribution is -0.153. The Labute approximate surface area is 90.8 Å². The highest BCUT2D eigenvalue weighted by Crippen LogP contribution is 2.16. The second kappa shape index (κ2) is 5.48. The summed E-state index contributed by atoms with van der Waals surface area (Å²) in [6, 6.07) is 0. The molecule has 9 heteroatoms. The smallest absolute Gasteiger partial charge is 0.401 e. The van der Waals surface area contributed by atoms with Crippen LogP contribution in [0.4, 0.5) is 13.2 Å². The number of hydrogen-bond donors (Lipinski definition) is 1. The van der Waals surface area contributed by atoms with Crippen LogP contribution in [0, 0.1) is 0 Å². The van der Waals surface area contributed by atoms with Crippen LogP contribution in [0.2, 0.25) is 0 Å². The van der Waals surface area contributed by atoms with E-state index in [1.54, 1.807) is 0 Å². The third-order valence-corrected chi connectivity index (χ3v) is 2.46. The van der Waals surface area contributed by atoms with Crippen molar-refractivity contribution in [1.82, 2.24) is 4.90 Å². The minimum atomic E-state index is -4.55. The summed E-state index contributed by atoms with van der Waals surface area (Å²) in [4.78, 5) is 10.8. The molecule has 16 heavy (non-hydrogen) atoms. The van der Waals surface area contributed by atoms with Crippen LogP contribution >= 0.6 is 0 Å². The lowest BCUT2D eigenvalue weighted by Gasteiger charge is -2.20. The molecule has 0 saturated carbocycles. The monoisotopic (exact) mass is 263 g/mol. The highest BCUT2D eigenvalue weighted by molar-refractivity contribution is 7.90. The van der Waals surface area contributed by atoms with E-state index in [0.29, 0.717) is 4.90 Å². The van der Waals surface area contributed by atoms with Gasteiger partial charge in [0.25, 0.3) is 0 Å². The van der Waals surface area contributed by atoms with E-state index in [-0.39, 0.29) is 0 Å². The predicted molar refractivity (Wildman–Crippen MR) is 49.8 cm³/mol. The van der Waals surface area contributed by atoms with Crippen molar-refractivity contribution in [3.8, 4) is 0 Å². The van der Waals surface area contributed by atoms with Crippen molar-refractivity contribution >= 4 is 15.8 Å². The van der Waals surface area contributed by atoms with Gasteiger partial charge < -0.3 is 5.11 Å². The summed E-state index contributed by atoms with van der Waals surface area (Å²) in [5, 5.41) is 8.35. The second-order valence-corrected chi connectivity index (χ2v) is 5.61. The van der Waals surface area contributed by atoms with E-state index in [2.05, 4.69) is 0 Å². The molecule has 0 bridgehead atoms. The highest BCUT2D eigenvalue weighted by Gasteiger charge is 2.31. The van der Waals surface area contributed by atoms with Crippen LogP contribution in [0.15, 0.2) is 0 Å². The zero-order chi connectivity index (χ0) is 13.0. The largest absolute Gasteiger partial charge is 0.480 e. The molecule has 0 spiro atoms. The maximum atomic E-state index is 12.0. The van der Waals surface area contributed by atoms with Gasteiger partial charge in [0.1, 0.15) is 9.84 Å². The Morgan fingerprint density at radius 2 is 1.88 bits per heavy atom. The second-order valence-electron chi connectivity index (χ2n) is 3.35. The third-order valence-electron chi connectivity index (χ3n) is 1.54.